The molecule has 1 aliphatic carbocycles. The van der Waals surface area contributed by atoms with Gasteiger partial charge in [0.05, 0.1) is 14.2 Å². The van der Waals surface area contributed by atoms with E-state index in [4.69, 9.17) is 25.9 Å². The Hall–Kier alpha value is -4.58. The molecule has 0 aliphatic heterocycles. The molecule has 0 unspecified atom stereocenters. The van der Waals surface area contributed by atoms with Gasteiger partial charge in [-0.2, -0.15) is 9.50 Å². The van der Waals surface area contributed by atoms with Crippen molar-refractivity contribution in [1.29, 1.82) is 0 Å². The summed E-state index contributed by atoms with van der Waals surface area (Å²) in [6.07, 6.45) is 3.88. The van der Waals surface area contributed by atoms with Crippen LogP contribution in [0.3, 0.4) is 0 Å². The summed E-state index contributed by atoms with van der Waals surface area (Å²) in [5, 5.41) is 20.9. The van der Waals surface area contributed by atoms with Crippen molar-refractivity contribution < 1.29 is 19.4 Å². The number of nitrogens with zero attached hydrogens (tertiary/aromatic N) is 4. The van der Waals surface area contributed by atoms with Gasteiger partial charge in [-0.1, -0.05) is 12.8 Å². The molecular weight excluding hydrogens is 488 g/mol. The molecule has 198 valence electrons. The molecule has 7 N–H and O–H groups in total. The van der Waals surface area contributed by atoms with E-state index in [1.807, 2.05) is 0 Å². The Labute approximate surface area is 219 Å². The summed E-state index contributed by atoms with van der Waals surface area (Å²) in [5.41, 5.74) is 13.8. The molecule has 1 aliphatic rings. The fourth-order valence-electron chi connectivity index (χ4n) is 4.60. The number of carbonyl (C=O) groups is 1. The Morgan fingerprint density at radius 3 is 2.37 bits per heavy atom. The van der Waals surface area contributed by atoms with E-state index < -0.39 is 5.91 Å². The highest BCUT2D eigenvalue weighted by Gasteiger charge is 2.27. The number of hydrogen-bond acceptors (Lipinski definition) is 10. The predicted octanol–water partition coefficient (Wildman–Crippen LogP) is 3.04. The second-order valence-electron chi connectivity index (χ2n) is 9.17. The van der Waals surface area contributed by atoms with Crippen molar-refractivity contribution in [2.45, 2.75) is 37.8 Å². The number of ether oxygens (including phenoxy) is 2. The molecule has 2 aromatic heterocycles. The summed E-state index contributed by atoms with van der Waals surface area (Å²) < 4.78 is 12.2. The highest BCUT2D eigenvalue weighted by Crippen LogP contribution is 2.32. The summed E-state index contributed by atoms with van der Waals surface area (Å²) in [6, 6.07) is 11.6. The van der Waals surface area contributed by atoms with Gasteiger partial charge in [-0.3, -0.25) is 4.79 Å². The van der Waals surface area contributed by atoms with Crippen LogP contribution in [0, 0.1) is 0 Å². The lowest BCUT2D eigenvalue weighted by atomic mass is 9.91. The lowest BCUT2D eigenvalue weighted by Gasteiger charge is -2.29. The van der Waals surface area contributed by atoms with Gasteiger partial charge in [0.1, 0.15) is 22.8 Å². The highest BCUT2D eigenvalue weighted by atomic mass is 16.5. The number of primary amides is 1. The quantitative estimate of drug-likeness (QED) is 0.233. The number of phenols is 1. The van der Waals surface area contributed by atoms with Crippen LogP contribution in [0.1, 0.15) is 36.0 Å². The number of phenolic OH excluding ortho intramolecular Hbond substituents is 1. The van der Waals surface area contributed by atoms with Crippen molar-refractivity contribution >= 4 is 29.0 Å². The SMILES string of the molecule is COc1cc(Nc2nc(N[C@@H]3CCCC[C@@H]3N)n3nc(-c4ccc(O)cc4)nc3c2C(N)=O)cc(OC)c1. The summed E-state index contributed by atoms with van der Waals surface area (Å²) in [6.45, 7) is 0. The van der Waals surface area contributed by atoms with E-state index >= 15 is 0 Å². The third-order valence-electron chi connectivity index (χ3n) is 6.61. The number of carbonyl (C=O) groups excluding carboxylic acids is 1. The molecule has 1 saturated carbocycles. The number of methoxy groups -OCH3 is 2. The first-order chi connectivity index (χ1) is 18.4. The standard InChI is InChI=1S/C26H30N8O4/c1-37-17-11-15(12-18(13-17)38-2)29-24-21(22(28)36)25-31-23(14-7-9-16(35)10-8-14)33-34(25)26(32-24)30-20-6-4-3-5-19(20)27/h7-13,19-20,29,35H,3-6,27H2,1-2H3,(H2,28,36)(H,30,32)/t19-,20+/m0/s1. The fourth-order valence-corrected chi connectivity index (χ4v) is 4.60. The van der Waals surface area contributed by atoms with E-state index in [2.05, 4.69) is 20.7 Å². The molecule has 38 heavy (non-hydrogen) atoms. The van der Waals surface area contributed by atoms with Crippen molar-refractivity contribution in [2.24, 2.45) is 11.5 Å². The van der Waals surface area contributed by atoms with Crippen LogP contribution in [0.25, 0.3) is 17.0 Å². The van der Waals surface area contributed by atoms with Crippen LogP contribution in [-0.2, 0) is 0 Å². The van der Waals surface area contributed by atoms with E-state index in [1.165, 1.54) is 16.6 Å². The number of nitrogens with two attached hydrogens (primary N) is 2. The van der Waals surface area contributed by atoms with E-state index in [9.17, 15) is 9.90 Å². The topological polar surface area (TPSA) is 175 Å². The number of nitrogens with one attached hydrogen (secondary N) is 2. The maximum absolute atomic E-state index is 12.8. The smallest absolute Gasteiger partial charge is 0.256 e. The maximum atomic E-state index is 12.8. The minimum absolute atomic E-state index is 0.0371. The van der Waals surface area contributed by atoms with Gasteiger partial charge in [0, 0.05) is 41.5 Å². The average Bonchev–Trinajstić information content (AvgIpc) is 3.35. The van der Waals surface area contributed by atoms with E-state index in [0.717, 1.165) is 25.7 Å². The predicted molar refractivity (Wildman–Crippen MR) is 143 cm³/mol. The molecule has 12 nitrogen and oxygen atoms in total. The van der Waals surface area contributed by atoms with Gasteiger partial charge in [-0.15, -0.1) is 5.10 Å². The molecule has 0 radical (unpaired) electrons. The number of amides is 1. The Morgan fingerprint density at radius 1 is 1.05 bits per heavy atom. The molecule has 12 heteroatoms. The van der Waals surface area contributed by atoms with Gasteiger partial charge in [0.25, 0.3) is 5.91 Å². The highest BCUT2D eigenvalue weighted by molar-refractivity contribution is 6.04. The lowest BCUT2D eigenvalue weighted by molar-refractivity contribution is 0.100. The van der Waals surface area contributed by atoms with Crippen molar-refractivity contribution in [2.75, 3.05) is 24.9 Å². The largest absolute Gasteiger partial charge is 0.508 e. The van der Waals surface area contributed by atoms with Crippen molar-refractivity contribution in [3.63, 3.8) is 0 Å². The summed E-state index contributed by atoms with van der Waals surface area (Å²) in [4.78, 5) is 22.1. The molecule has 0 bridgehead atoms. The number of benzene rings is 2. The van der Waals surface area contributed by atoms with E-state index in [0.29, 0.717) is 34.5 Å². The van der Waals surface area contributed by atoms with Crippen LogP contribution in [0.2, 0.25) is 0 Å². The van der Waals surface area contributed by atoms with Crippen LogP contribution >= 0.6 is 0 Å². The van der Waals surface area contributed by atoms with E-state index in [1.54, 1.807) is 44.6 Å². The second-order valence-corrected chi connectivity index (χ2v) is 9.17. The monoisotopic (exact) mass is 518 g/mol. The molecule has 5 rings (SSSR count). The van der Waals surface area contributed by atoms with Gasteiger partial charge in [-0.05, 0) is 37.1 Å². The van der Waals surface area contributed by atoms with Gasteiger partial charge in [0.2, 0.25) is 5.95 Å². The number of anilines is 3. The Kier molecular flexibility index (Phi) is 6.88. The number of aromatic hydroxyl groups is 1. The average molecular weight is 519 g/mol. The molecule has 0 spiro atoms. The normalized spacial score (nSPS) is 17.2. The number of rotatable bonds is 8. The van der Waals surface area contributed by atoms with Gasteiger partial charge in [-0.25, -0.2) is 4.98 Å². The zero-order chi connectivity index (χ0) is 26.8. The second kappa shape index (κ2) is 10.4. The molecule has 1 fully saturated rings. The summed E-state index contributed by atoms with van der Waals surface area (Å²) in [7, 11) is 3.10. The first kappa shape index (κ1) is 25.1. The van der Waals surface area contributed by atoms with Crippen molar-refractivity contribution in [1.82, 2.24) is 19.6 Å². The zero-order valence-electron chi connectivity index (χ0n) is 21.1. The molecule has 2 atom stereocenters. The first-order valence-electron chi connectivity index (χ1n) is 12.3. The Balaban J connectivity index is 1.67. The van der Waals surface area contributed by atoms with Crippen molar-refractivity contribution in [3.8, 4) is 28.6 Å². The lowest BCUT2D eigenvalue weighted by Crippen LogP contribution is -2.43. The minimum atomic E-state index is -0.731. The van der Waals surface area contributed by atoms with Crippen LogP contribution in [0.15, 0.2) is 42.5 Å². The molecule has 4 aromatic rings. The van der Waals surface area contributed by atoms with Gasteiger partial charge < -0.3 is 36.7 Å². The van der Waals surface area contributed by atoms with Crippen molar-refractivity contribution in [3.05, 3.63) is 48.0 Å². The Morgan fingerprint density at radius 2 is 1.74 bits per heavy atom. The first-order valence-corrected chi connectivity index (χ1v) is 12.3. The van der Waals surface area contributed by atoms with Crippen LogP contribution in [0.5, 0.6) is 17.2 Å². The molecule has 0 saturated heterocycles. The van der Waals surface area contributed by atoms with E-state index in [-0.39, 0.29) is 34.9 Å². The van der Waals surface area contributed by atoms with Gasteiger partial charge in [0.15, 0.2) is 17.3 Å². The molecule has 1 amide bonds. The third kappa shape index (κ3) is 4.98. The molecule has 2 aromatic carbocycles. The number of hydrogen-bond donors (Lipinski definition) is 5. The number of fused-ring (bicyclic) bond motifs is 1. The van der Waals surface area contributed by atoms with Gasteiger partial charge >= 0.3 is 0 Å². The third-order valence-corrected chi connectivity index (χ3v) is 6.61. The number of aromatic nitrogens is 4. The Bertz CT molecular complexity index is 1450. The van der Waals surface area contributed by atoms with Crippen LogP contribution < -0.4 is 31.6 Å². The fraction of sp³-hybridized carbons (Fsp3) is 0.308. The maximum Gasteiger partial charge on any atom is 0.256 e. The zero-order valence-corrected chi connectivity index (χ0v) is 21.1. The minimum Gasteiger partial charge on any atom is -0.508 e. The van der Waals surface area contributed by atoms with Crippen LogP contribution in [-0.4, -0.2) is 56.9 Å². The summed E-state index contributed by atoms with van der Waals surface area (Å²) >= 11 is 0. The molecular formula is C26H30N8O4. The van der Waals surface area contributed by atoms with Crippen LogP contribution in [0.4, 0.5) is 17.5 Å². The molecule has 2 heterocycles. The summed E-state index contributed by atoms with van der Waals surface area (Å²) in [5.74, 6) is 1.38.